The average molecular weight is 487 g/mol. The lowest BCUT2D eigenvalue weighted by Gasteiger charge is -2.14. The van der Waals surface area contributed by atoms with Crippen LogP contribution in [0.15, 0.2) is 53.3 Å². The van der Waals surface area contributed by atoms with E-state index in [0.717, 1.165) is 35.1 Å². The van der Waals surface area contributed by atoms with Gasteiger partial charge in [-0.05, 0) is 54.2 Å². The third-order valence-electron chi connectivity index (χ3n) is 6.12. The second-order valence-corrected chi connectivity index (χ2v) is 8.67. The van der Waals surface area contributed by atoms with Gasteiger partial charge in [-0.25, -0.2) is 14.4 Å². The number of fused-ring (bicyclic) bond motifs is 1. The van der Waals surface area contributed by atoms with Crippen molar-refractivity contribution in [2.45, 2.75) is 39.3 Å². The number of benzene rings is 2. The van der Waals surface area contributed by atoms with Gasteiger partial charge < -0.3 is 15.2 Å². The minimum Gasteiger partial charge on any atom is -0.347 e. The summed E-state index contributed by atoms with van der Waals surface area (Å²) >= 11 is 0. The largest absolute Gasteiger partial charge is 0.347 e. The van der Waals surface area contributed by atoms with Crippen molar-refractivity contribution < 1.29 is 18.5 Å². The van der Waals surface area contributed by atoms with Crippen LogP contribution in [0.25, 0.3) is 11.4 Å². The molecule has 0 spiro atoms. The van der Waals surface area contributed by atoms with Gasteiger partial charge in [-0.3, -0.25) is 9.59 Å². The first kappa shape index (κ1) is 23.3. The molecule has 2 amide bonds. The Bertz CT molecular complexity index is 1470. The molecule has 2 aromatic heterocycles. The molecule has 0 saturated heterocycles. The maximum atomic E-state index is 13.4. The number of carbonyl (C=O) groups is 2. The van der Waals surface area contributed by atoms with Crippen LogP contribution >= 0.6 is 0 Å². The van der Waals surface area contributed by atoms with Gasteiger partial charge in [0.1, 0.15) is 23.5 Å². The van der Waals surface area contributed by atoms with Crippen LogP contribution in [0, 0.1) is 19.7 Å². The van der Waals surface area contributed by atoms with E-state index in [4.69, 9.17) is 4.52 Å². The fourth-order valence-corrected chi connectivity index (χ4v) is 4.25. The van der Waals surface area contributed by atoms with Crippen LogP contribution in [0.5, 0.6) is 0 Å². The third kappa shape index (κ3) is 4.83. The molecule has 0 fully saturated rings. The standard InChI is InChI=1S/C26H23FN6O3/c1-14-9-16(3-7-20(14)27)12-28-25(34)22-11-23(30-13-29-22)26(35)32-21-8-5-17-10-18(4-6-19(17)21)24-31-15(2)36-33-24/h3-4,6-7,9-11,13,21H,5,8,12H2,1-2H3,(H,28,34)(H,32,35). The number of aromatic nitrogens is 4. The van der Waals surface area contributed by atoms with Crippen LogP contribution in [-0.4, -0.2) is 31.9 Å². The summed E-state index contributed by atoms with van der Waals surface area (Å²) in [5, 5.41) is 9.70. The second kappa shape index (κ2) is 9.65. The Morgan fingerprint density at radius 1 is 1.06 bits per heavy atom. The van der Waals surface area contributed by atoms with Crippen LogP contribution < -0.4 is 10.6 Å². The van der Waals surface area contributed by atoms with Crippen LogP contribution in [-0.2, 0) is 13.0 Å². The van der Waals surface area contributed by atoms with E-state index < -0.39 is 11.8 Å². The van der Waals surface area contributed by atoms with Crippen LogP contribution in [0.3, 0.4) is 0 Å². The molecule has 4 aromatic rings. The van der Waals surface area contributed by atoms with Gasteiger partial charge in [-0.1, -0.05) is 29.4 Å². The first-order chi connectivity index (χ1) is 17.4. The summed E-state index contributed by atoms with van der Waals surface area (Å²) in [5.74, 6) is -0.118. The van der Waals surface area contributed by atoms with Gasteiger partial charge in [0, 0.05) is 25.1 Å². The summed E-state index contributed by atoms with van der Waals surface area (Å²) < 4.78 is 18.5. The summed E-state index contributed by atoms with van der Waals surface area (Å²) in [4.78, 5) is 37.8. The lowest BCUT2D eigenvalue weighted by Crippen LogP contribution is -2.29. The number of nitrogens with zero attached hydrogens (tertiary/aromatic N) is 4. The van der Waals surface area contributed by atoms with E-state index in [0.29, 0.717) is 17.3 Å². The van der Waals surface area contributed by atoms with E-state index in [2.05, 4.69) is 30.7 Å². The van der Waals surface area contributed by atoms with Crippen molar-refractivity contribution in [1.29, 1.82) is 0 Å². The Balaban J connectivity index is 1.24. The lowest BCUT2D eigenvalue weighted by atomic mass is 10.0. The molecule has 10 heteroatoms. The fourth-order valence-electron chi connectivity index (χ4n) is 4.25. The number of halogens is 1. The van der Waals surface area contributed by atoms with Gasteiger partial charge in [0.05, 0.1) is 6.04 Å². The highest BCUT2D eigenvalue weighted by Gasteiger charge is 2.26. The van der Waals surface area contributed by atoms with Gasteiger partial charge in [-0.2, -0.15) is 4.98 Å². The van der Waals surface area contributed by atoms with Gasteiger partial charge in [0.2, 0.25) is 11.7 Å². The van der Waals surface area contributed by atoms with Crippen molar-refractivity contribution in [2.24, 2.45) is 0 Å². The van der Waals surface area contributed by atoms with Crippen molar-refractivity contribution in [3.05, 3.63) is 94.1 Å². The number of rotatable bonds is 6. The molecule has 1 aliphatic rings. The number of hydrogen-bond donors (Lipinski definition) is 2. The monoisotopic (exact) mass is 486 g/mol. The molecule has 0 saturated carbocycles. The predicted molar refractivity (Wildman–Crippen MR) is 127 cm³/mol. The second-order valence-electron chi connectivity index (χ2n) is 8.67. The van der Waals surface area contributed by atoms with Crippen molar-refractivity contribution >= 4 is 11.8 Å². The van der Waals surface area contributed by atoms with Gasteiger partial charge in [-0.15, -0.1) is 0 Å². The molecule has 1 aliphatic carbocycles. The highest BCUT2D eigenvalue weighted by Crippen LogP contribution is 2.33. The van der Waals surface area contributed by atoms with Crippen molar-refractivity contribution in [3.8, 4) is 11.4 Å². The first-order valence-electron chi connectivity index (χ1n) is 11.5. The van der Waals surface area contributed by atoms with Crippen molar-refractivity contribution in [2.75, 3.05) is 0 Å². The highest BCUT2D eigenvalue weighted by atomic mass is 19.1. The molecule has 0 aliphatic heterocycles. The predicted octanol–water partition coefficient (Wildman–Crippen LogP) is 3.63. The summed E-state index contributed by atoms with van der Waals surface area (Å²) in [6, 6.07) is 11.7. The number of aryl methyl sites for hydroxylation is 3. The number of hydrogen-bond acceptors (Lipinski definition) is 7. The van der Waals surface area contributed by atoms with E-state index in [1.807, 2.05) is 18.2 Å². The molecule has 36 heavy (non-hydrogen) atoms. The van der Waals surface area contributed by atoms with Gasteiger partial charge in [0.15, 0.2) is 0 Å². The number of amides is 2. The molecule has 1 atom stereocenters. The summed E-state index contributed by atoms with van der Waals surface area (Å²) in [6.45, 7) is 3.60. The number of nitrogens with one attached hydrogen (secondary N) is 2. The van der Waals surface area contributed by atoms with Crippen molar-refractivity contribution in [1.82, 2.24) is 30.7 Å². The van der Waals surface area contributed by atoms with E-state index in [1.165, 1.54) is 18.5 Å². The molecular weight excluding hydrogens is 463 g/mol. The summed E-state index contributed by atoms with van der Waals surface area (Å²) in [6.07, 6.45) is 2.73. The molecular formula is C26H23FN6O3. The van der Waals surface area contributed by atoms with E-state index >= 15 is 0 Å². The Kier molecular flexibility index (Phi) is 6.24. The molecule has 0 radical (unpaired) electrons. The number of carbonyl (C=O) groups excluding carboxylic acids is 2. The van der Waals surface area contributed by atoms with Crippen molar-refractivity contribution in [3.63, 3.8) is 0 Å². The normalized spacial score (nSPS) is 14.4. The Morgan fingerprint density at radius 2 is 1.86 bits per heavy atom. The Morgan fingerprint density at radius 3 is 2.61 bits per heavy atom. The minimum absolute atomic E-state index is 0.0702. The lowest BCUT2D eigenvalue weighted by molar-refractivity contribution is 0.0931. The maximum Gasteiger partial charge on any atom is 0.270 e. The smallest absolute Gasteiger partial charge is 0.270 e. The minimum atomic E-state index is -0.455. The zero-order valence-electron chi connectivity index (χ0n) is 19.7. The van der Waals surface area contributed by atoms with Crippen LogP contribution in [0.1, 0.15) is 61.6 Å². The van der Waals surface area contributed by atoms with E-state index in [9.17, 15) is 14.0 Å². The van der Waals surface area contributed by atoms with Crippen LogP contribution in [0.2, 0.25) is 0 Å². The third-order valence-corrected chi connectivity index (χ3v) is 6.12. The highest BCUT2D eigenvalue weighted by molar-refractivity contribution is 5.97. The van der Waals surface area contributed by atoms with Gasteiger partial charge >= 0.3 is 0 Å². The molecule has 9 nitrogen and oxygen atoms in total. The van der Waals surface area contributed by atoms with E-state index in [1.54, 1.807) is 26.0 Å². The molecule has 2 heterocycles. The zero-order valence-corrected chi connectivity index (χ0v) is 19.7. The maximum absolute atomic E-state index is 13.4. The Labute approximate surface area is 206 Å². The molecule has 2 N–H and O–H groups in total. The summed E-state index contributed by atoms with van der Waals surface area (Å²) in [5.41, 5.74) is 4.41. The SMILES string of the molecule is Cc1nc(-c2ccc3c(c2)CCC3NC(=O)c2cc(C(=O)NCc3ccc(F)c(C)c3)ncn2)no1. The topological polar surface area (TPSA) is 123 Å². The molecule has 0 bridgehead atoms. The summed E-state index contributed by atoms with van der Waals surface area (Å²) in [7, 11) is 0. The van der Waals surface area contributed by atoms with Crippen LogP contribution in [0.4, 0.5) is 4.39 Å². The quantitative estimate of drug-likeness (QED) is 0.427. The van der Waals surface area contributed by atoms with E-state index in [-0.39, 0.29) is 29.8 Å². The molecule has 2 aromatic carbocycles. The fraction of sp³-hybridized carbons (Fsp3) is 0.231. The van der Waals surface area contributed by atoms with Gasteiger partial charge in [0.25, 0.3) is 11.8 Å². The average Bonchev–Trinajstić information content (AvgIpc) is 3.50. The Hall–Kier alpha value is -4.47. The molecule has 182 valence electrons. The zero-order chi connectivity index (χ0) is 25.2. The molecule has 5 rings (SSSR count). The first-order valence-corrected chi connectivity index (χ1v) is 11.5. The molecule has 1 unspecified atom stereocenters.